The number of hydrogen-bond acceptors (Lipinski definition) is 4. The minimum Gasteiger partial charge on any atom is -0.392 e. The van der Waals surface area contributed by atoms with E-state index in [1.165, 1.54) is 25.7 Å². The summed E-state index contributed by atoms with van der Waals surface area (Å²) in [6, 6.07) is 0. The maximum Gasteiger partial charge on any atom is 0.232 e. The van der Waals surface area contributed by atoms with Gasteiger partial charge < -0.3 is 9.63 Å². The van der Waals surface area contributed by atoms with E-state index in [2.05, 4.69) is 17.1 Å². The third-order valence-electron chi connectivity index (χ3n) is 4.74. The second-order valence-corrected chi connectivity index (χ2v) is 5.88. The third kappa shape index (κ3) is 2.18. The lowest BCUT2D eigenvalue weighted by Gasteiger charge is -2.08. The topological polar surface area (TPSA) is 59.2 Å². The van der Waals surface area contributed by atoms with Crippen LogP contribution in [-0.4, -0.2) is 21.4 Å². The van der Waals surface area contributed by atoms with E-state index in [0.717, 1.165) is 31.0 Å². The van der Waals surface area contributed by atoms with Gasteiger partial charge in [-0.15, -0.1) is 0 Å². The minimum absolute atomic E-state index is 0.0784. The molecule has 2 aliphatic rings. The van der Waals surface area contributed by atoms with Gasteiger partial charge in [-0.25, -0.2) is 0 Å². The van der Waals surface area contributed by atoms with Crippen molar-refractivity contribution < 1.29 is 9.63 Å². The van der Waals surface area contributed by atoms with Crippen LogP contribution in [0.5, 0.6) is 0 Å². The Morgan fingerprint density at radius 3 is 2.83 bits per heavy atom. The van der Waals surface area contributed by atoms with Crippen LogP contribution in [0.15, 0.2) is 4.52 Å². The number of nitrogens with zero attached hydrogens (tertiary/aromatic N) is 2. The Morgan fingerprint density at radius 1 is 1.28 bits per heavy atom. The zero-order valence-corrected chi connectivity index (χ0v) is 11.0. The molecular weight excluding hydrogens is 228 g/mol. The lowest BCUT2D eigenvalue weighted by molar-refractivity contribution is 0.148. The summed E-state index contributed by atoms with van der Waals surface area (Å²) in [4.78, 5) is 4.56. The first kappa shape index (κ1) is 12.2. The maximum atomic E-state index is 9.87. The zero-order chi connectivity index (χ0) is 12.5. The highest BCUT2D eigenvalue weighted by Gasteiger charge is 2.33. The Labute approximate surface area is 108 Å². The van der Waals surface area contributed by atoms with Gasteiger partial charge in [-0.1, -0.05) is 18.5 Å². The molecule has 100 valence electrons. The Hall–Kier alpha value is -0.900. The van der Waals surface area contributed by atoms with E-state index in [1.54, 1.807) is 0 Å². The van der Waals surface area contributed by atoms with Gasteiger partial charge in [-0.05, 0) is 44.4 Å². The molecule has 1 aromatic heterocycles. The molecule has 4 heteroatoms. The molecule has 0 aromatic carbocycles. The molecule has 18 heavy (non-hydrogen) atoms. The zero-order valence-electron chi connectivity index (χ0n) is 11.0. The summed E-state index contributed by atoms with van der Waals surface area (Å²) in [5, 5.41) is 14.0. The van der Waals surface area contributed by atoms with Crippen LogP contribution in [0.25, 0.3) is 0 Å². The summed E-state index contributed by atoms with van der Waals surface area (Å²) in [5.41, 5.74) is 0. The molecular formula is C14H22N2O2. The average Bonchev–Trinajstić information content (AvgIpc) is 3.07. The first-order valence-corrected chi connectivity index (χ1v) is 7.29. The summed E-state index contributed by atoms with van der Waals surface area (Å²) < 4.78 is 5.38. The molecule has 3 rings (SSSR count). The summed E-state index contributed by atoms with van der Waals surface area (Å²) in [5.74, 6) is 2.92. The van der Waals surface area contributed by atoms with Crippen LogP contribution in [0.1, 0.15) is 75.4 Å². The van der Waals surface area contributed by atoms with Crippen molar-refractivity contribution in [1.82, 2.24) is 10.1 Å². The van der Waals surface area contributed by atoms with Crippen LogP contribution in [0.3, 0.4) is 0 Å². The van der Waals surface area contributed by atoms with Crippen LogP contribution in [0.2, 0.25) is 0 Å². The second kappa shape index (κ2) is 5.00. The largest absolute Gasteiger partial charge is 0.392 e. The first-order valence-electron chi connectivity index (χ1n) is 7.29. The summed E-state index contributed by atoms with van der Waals surface area (Å²) in [7, 11) is 0. The molecule has 0 aliphatic heterocycles. The monoisotopic (exact) mass is 250 g/mol. The van der Waals surface area contributed by atoms with E-state index in [0.29, 0.717) is 11.8 Å². The predicted molar refractivity (Wildman–Crippen MR) is 67.3 cm³/mol. The number of hydrogen-bond donors (Lipinski definition) is 1. The van der Waals surface area contributed by atoms with E-state index < -0.39 is 0 Å². The average molecular weight is 250 g/mol. The lowest BCUT2D eigenvalue weighted by atomic mass is 10.0. The highest BCUT2D eigenvalue weighted by Crippen LogP contribution is 2.40. The Bertz CT molecular complexity index is 404. The Kier molecular flexibility index (Phi) is 3.37. The van der Waals surface area contributed by atoms with Crippen LogP contribution in [-0.2, 0) is 0 Å². The molecule has 0 amide bonds. The molecule has 2 fully saturated rings. The van der Waals surface area contributed by atoms with Gasteiger partial charge in [-0.3, -0.25) is 0 Å². The van der Waals surface area contributed by atoms with E-state index >= 15 is 0 Å². The van der Waals surface area contributed by atoms with Crippen LogP contribution < -0.4 is 0 Å². The summed E-state index contributed by atoms with van der Waals surface area (Å²) in [6.45, 7) is 2.25. The minimum atomic E-state index is -0.287. The summed E-state index contributed by atoms with van der Waals surface area (Å²) >= 11 is 0. The molecule has 2 aliphatic carbocycles. The standard InChI is InChI=1S/C14H22N2O2/c1-2-9-6-7-10(8-9)13-15-14(18-16-13)11-4-3-5-12(11)17/h9-12,17H,2-8H2,1H3. The highest BCUT2D eigenvalue weighted by molar-refractivity contribution is 5.04. The molecule has 4 atom stereocenters. The van der Waals surface area contributed by atoms with Gasteiger partial charge in [0, 0.05) is 5.92 Å². The fourth-order valence-electron chi connectivity index (χ4n) is 3.47. The summed E-state index contributed by atoms with van der Waals surface area (Å²) in [6.07, 6.45) is 7.54. The molecule has 0 bridgehead atoms. The third-order valence-corrected chi connectivity index (χ3v) is 4.74. The molecule has 0 spiro atoms. The number of aromatic nitrogens is 2. The van der Waals surface area contributed by atoms with Crippen molar-refractivity contribution in [3.05, 3.63) is 11.7 Å². The van der Waals surface area contributed by atoms with Crippen molar-refractivity contribution in [2.24, 2.45) is 5.92 Å². The van der Waals surface area contributed by atoms with Gasteiger partial charge in [0.2, 0.25) is 5.89 Å². The van der Waals surface area contributed by atoms with Crippen LogP contribution in [0.4, 0.5) is 0 Å². The van der Waals surface area contributed by atoms with E-state index in [1.807, 2.05) is 0 Å². The molecule has 4 nitrogen and oxygen atoms in total. The van der Waals surface area contributed by atoms with Gasteiger partial charge in [0.15, 0.2) is 5.82 Å². The Morgan fingerprint density at radius 2 is 2.17 bits per heavy atom. The number of rotatable bonds is 3. The van der Waals surface area contributed by atoms with Gasteiger partial charge in [-0.2, -0.15) is 4.98 Å². The van der Waals surface area contributed by atoms with Crippen LogP contribution in [0, 0.1) is 5.92 Å². The van der Waals surface area contributed by atoms with Crippen molar-refractivity contribution in [3.8, 4) is 0 Å². The normalized spacial score (nSPS) is 36.3. The lowest BCUT2D eigenvalue weighted by Crippen LogP contribution is -2.11. The molecule has 1 heterocycles. The fourth-order valence-corrected chi connectivity index (χ4v) is 3.47. The van der Waals surface area contributed by atoms with E-state index in [9.17, 15) is 5.11 Å². The van der Waals surface area contributed by atoms with Crippen molar-refractivity contribution in [2.45, 2.75) is 69.8 Å². The molecule has 2 saturated carbocycles. The Balaban J connectivity index is 1.70. The van der Waals surface area contributed by atoms with E-state index in [4.69, 9.17) is 4.52 Å². The number of aliphatic hydroxyl groups is 1. The van der Waals surface area contributed by atoms with Gasteiger partial charge in [0.1, 0.15) is 0 Å². The van der Waals surface area contributed by atoms with Crippen molar-refractivity contribution in [3.63, 3.8) is 0 Å². The maximum absolute atomic E-state index is 9.87. The fraction of sp³-hybridized carbons (Fsp3) is 0.857. The van der Waals surface area contributed by atoms with Crippen molar-refractivity contribution in [2.75, 3.05) is 0 Å². The molecule has 4 unspecified atom stereocenters. The SMILES string of the molecule is CCC1CCC(c2noc(C3CCCC3O)n2)C1. The highest BCUT2D eigenvalue weighted by atomic mass is 16.5. The quantitative estimate of drug-likeness (QED) is 0.896. The van der Waals surface area contributed by atoms with Gasteiger partial charge in [0.25, 0.3) is 0 Å². The van der Waals surface area contributed by atoms with Gasteiger partial charge >= 0.3 is 0 Å². The van der Waals surface area contributed by atoms with Gasteiger partial charge in [0.05, 0.1) is 12.0 Å². The molecule has 0 radical (unpaired) electrons. The second-order valence-electron chi connectivity index (χ2n) is 5.88. The smallest absolute Gasteiger partial charge is 0.232 e. The molecule has 1 aromatic rings. The van der Waals surface area contributed by atoms with E-state index in [-0.39, 0.29) is 12.0 Å². The molecule has 0 saturated heterocycles. The van der Waals surface area contributed by atoms with Crippen LogP contribution >= 0.6 is 0 Å². The van der Waals surface area contributed by atoms with Crippen molar-refractivity contribution in [1.29, 1.82) is 0 Å². The predicted octanol–water partition coefficient (Wildman–Crippen LogP) is 2.99. The van der Waals surface area contributed by atoms with Crippen molar-refractivity contribution >= 4 is 0 Å². The number of aliphatic hydroxyl groups excluding tert-OH is 1. The first-order chi connectivity index (χ1) is 8.78. The molecule has 1 N–H and O–H groups in total.